The number of aryl methyl sites for hydroxylation is 2. The maximum atomic E-state index is 11.0. The summed E-state index contributed by atoms with van der Waals surface area (Å²) in [6, 6.07) is 7.09. The molecule has 0 atom stereocenters. The summed E-state index contributed by atoms with van der Waals surface area (Å²) in [5, 5.41) is -0.158. The fourth-order valence-electron chi connectivity index (χ4n) is 2.44. The molecule has 2 heterocycles. The van der Waals surface area contributed by atoms with Gasteiger partial charge in [-0.05, 0) is 12.1 Å². The van der Waals surface area contributed by atoms with E-state index in [2.05, 4.69) is 19.9 Å². The van der Waals surface area contributed by atoms with Gasteiger partial charge in [0.25, 0.3) is 0 Å². The summed E-state index contributed by atoms with van der Waals surface area (Å²) in [7, 11) is -9.48. The quantitative estimate of drug-likeness (QED) is 0.344. The zero-order valence-electron chi connectivity index (χ0n) is 17.0. The lowest BCUT2D eigenvalue weighted by Crippen LogP contribution is -2.03. The summed E-state index contributed by atoms with van der Waals surface area (Å²) in [6.07, 6.45) is 7.43. The molecule has 0 saturated heterocycles. The molecule has 14 heteroatoms. The molecule has 0 radical (unpaired) electrons. The average Bonchev–Trinajstić information content (AvgIpc) is 3.33. The van der Waals surface area contributed by atoms with Gasteiger partial charge in [0.1, 0.15) is 45.0 Å². The third kappa shape index (κ3) is 8.18. The first-order chi connectivity index (χ1) is 14.0. The third-order valence-electron chi connectivity index (χ3n) is 3.75. The van der Waals surface area contributed by atoms with Crippen molar-refractivity contribution in [3.63, 3.8) is 0 Å². The summed E-state index contributed by atoms with van der Waals surface area (Å²) in [5.41, 5.74) is 0. The first kappa shape index (κ1) is 28.9. The topological polar surface area (TPSA) is 237 Å². The zero-order valence-corrected chi connectivity index (χ0v) is 18.7. The molecule has 2 aromatic heterocycles. The minimum Gasteiger partial charge on any atom is -0.744 e. The van der Waals surface area contributed by atoms with Crippen LogP contribution < -0.4 is 9.97 Å². The second-order valence-electron chi connectivity index (χ2n) is 6.01. The van der Waals surface area contributed by atoms with Crippen LogP contribution in [0.1, 0.15) is 11.6 Å². The van der Waals surface area contributed by atoms with Crippen LogP contribution in [0.2, 0.25) is 0 Å². The SMILES string of the molecule is Cc1[nH]cc[nH+]1.Cc1[nH]cc[nH+]1.O.O.O=S(=O)([O-])c1cccc2c(S(=O)(=O)[O-])cccc12. The van der Waals surface area contributed by atoms with Crippen LogP contribution in [0, 0.1) is 13.8 Å². The van der Waals surface area contributed by atoms with E-state index in [4.69, 9.17) is 0 Å². The second-order valence-corrected chi connectivity index (χ2v) is 8.71. The molecule has 0 saturated carbocycles. The monoisotopic (exact) mass is 488 g/mol. The van der Waals surface area contributed by atoms with E-state index in [1.165, 1.54) is 24.3 Å². The van der Waals surface area contributed by atoms with Gasteiger partial charge in [-0.2, -0.15) is 0 Å². The Kier molecular flexibility index (Phi) is 10.9. The predicted molar refractivity (Wildman–Crippen MR) is 111 cm³/mol. The predicted octanol–water partition coefficient (Wildman–Crippen LogP) is -0.727. The molecular weight excluding hydrogens is 464 g/mol. The van der Waals surface area contributed by atoms with E-state index in [1.807, 2.05) is 38.6 Å². The van der Waals surface area contributed by atoms with Gasteiger partial charge in [-0.1, -0.05) is 24.3 Å². The molecule has 4 aromatic rings. The molecule has 176 valence electrons. The minimum absolute atomic E-state index is 0. The molecule has 0 amide bonds. The molecule has 0 unspecified atom stereocenters. The summed E-state index contributed by atoms with van der Waals surface area (Å²) >= 11 is 0. The first-order valence-corrected chi connectivity index (χ1v) is 11.3. The zero-order chi connectivity index (χ0) is 22.4. The highest BCUT2D eigenvalue weighted by Gasteiger charge is 2.12. The van der Waals surface area contributed by atoms with Gasteiger partial charge in [0.15, 0.2) is 0 Å². The minimum atomic E-state index is -4.74. The number of nitrogens with one attached hydrogen (secondary N) is 4. The Morgan fingerprint density at radius 1 is 0.688 bits per heavy atom. The highest BCUT2D eigenvalue weighted by Crippen LogP contribution is 2.27. The van der Waals surface area contributed by atoms with Crippen LogP contribution in [-0.2, 0) is 20.2 Å². The average molecular weight is 489 g/mol. The number of rotatable bonds is 2. The smallest absolute Gasteiger partial charge is 0.248 e. The van der Waals surface area contributed by atoms with Gasteiger partial charge < -0.3 is 20.1 Å². The van der Waals surface area contributed by atoms with Gasteiger partial charge in [0.05, 0.1) is 9.79 Å². The molecule has 0 spiro atoms. The van der Waals surface area contributed by atoms with Crippen LogP contribution in [0.15, 0.2) is 71.0 Å². The van der Waals surface area contributed by atoms with Gasteiger partial charge in [-0.25, -0.2) is 36.8 Å². The van der Waals surface area contributed by atoms with Crippen LogP contribution in [0.3, 0.4) is 0 Å². The molecular formula is C18H24N4O8S2. The maximum absolute atomic E-state index is 11.0. The summed E-state index contributed by atoms with van der Waals surface area (Å²) in [5.74, 6) is 2.19. The van der Waals surface area contributed by atoms with Crippen molar-refractivity contribution >= 4 is 31.0 Å². The van der Waals surface area contributed by atoms with Crippen molar-refractivity contribution in [2.24, 2.45) is 0 Å². The van der Waals surface area contributed by atoms with Crippen molar-refractivity contribution < 1.29 is 46.9 Å². The lowest BCUT2D eigenvalue weighted by molar-refractivity contribution is -0.385. The van der Waals surface area contributed by atoms with E-state index in [9.17, 15) is 25.9 Å². The Morgan fingerprint density at radius 2 is 1.03 bits per heavy atom. The number of fused-ring (bicyclic) bond motifs is 1. The van der Waals surface area contributed by atoms with Crippen molar-refractivity contribution in [3.05, 3.63) is 72.8 Å². The van der Waals surface area contributed by atoms with E-state index in [1.54, 1.807) is 0 Å². The number of benzene rings is 2. The van der Waals surface area contributed by atoms with Crippen molar-refractivity contribution in [2.75, 3.05) is 0 Å². The van der Waals surface area contributed by atoms with Gasteiger partial charge in [-0.15, -0.1) is 0 Å². The molecule has 32 heavy (non-hydrogen) atoms. The van der Waals surface area contributed by atoms with Crippen LogP contribution in [-0.4, -0.2) is 46.9 Å². The molecule has 2 aromatic carbocycles. The molecule has 0 aliphatic heterocycles. The molecule has 4 rings (SSSR count). The maximum Gasteiger partial charge on any atom is 0.248 e. The summed E-state index contributed by atoms with van der Waals surface area (Å²) in [6.45, 7) is 3.94. The van der Waals surface area contributed by atoms with Crippen LogP contribution in [0.5, 0.6) is 0 Å². The summed E-state index contributed by atoms with van der Waals surface area (Å²) < 4.78 is 66.1. The van der Waals surface area contributed by atoms with Crippen molar-refractivity contribution in [3.8, 4) is 0 Å². The Morgan fingerprint density at radius 3 is 1.22 bits per heavy atom. The third-order valence-corrected chi connectivity index (χ3v) is 5.54. The molecule has 0 aliphatic rings. The van der Waals surface area contributed by atoms with Crippen LogP contribution >= 0.6 is 0 Å². The van der Waals surface area contributed by atoms with Gasteiger partial charge in [0.2, 0.25) is 11.6 Å². The van der Waals surface area contributed by atoms with E-state index >= 15 is 0 Å². The number of hydrogen-bond donors (Lipinski definition) is 2. The van der Waals surface area contributed by atoms with E-state index in [0.717, 1.165) is 23.8 Å². The Labute approximate surface area is 184 Å². The molecule has 12 nitrogen and oxygen atoms in total. The number of hydrogen-bond acceptors (Lipinski definition) is 6. The number of imidazole rings is 2. The second kappa shape index (κ2) is 12.0. The summed E-state index contributed by atoms with van der Waals surface area (Å²) in [4.78, 5) is 10.7. The Bertz CT molecular complexity index is 1200. The largest absolute Gasteiger partial charge is 0.744 e. The Hall–Kier alpha value is -3.14. The van der Waals surface area contributed by atoms with Gasteiger partial charge in [0, 0.05) is 24.6 Å². The molecule has 0 bridgehead atoms. The number of aromatic nitrogens is 4. The number of aromatic amines is 4. The fourth-order valence-corrected chi connectivity index (χ4v) is 3.82. The van der Waals surface area contributed by atoms with E-state index in [0.29, 0.717) is 0 Å². The lowest BCUT2D eigenvalue weighted by atomic mass is 10.1. The van der Waals surface area contributed by atoms with Crippen molar-refractivity contribution in [1.29, 1.82) is 0 Å². The van der Waals surface area contributed by atoms with E-state index in [-0.39, 0.29) is 21.7 Å². The van der Waals surface area contributed by atoms with E-state index < -0.39 is 30.0 Å². The fraction of sp³-hybridized carbons (Fsp3) is 0.111. The highest BCUT2D eigenvalue weighted by molar-refractivity contribution is 7.86. The van der Waals surface area contributed by atoms with Crippen molar-refractivity contribution in [2.45, 2.75) is 23.6 Å². The van der Waals surface area contributed by atoms with Crippen molar-refractivity contribution in [1.82, 2.24) is 9.97 Å². The van der Waals surface area contributed by atoms with Crippen LogP contribution in [0.25, 0.3) is 10.8 Å². The molecule has 0 aliphatic carbocycles. The first-order valence-electron chi connectivity index (χ1n) is 8.47. The molecule has 0 fully saturated rings. The highest BCUT2D eigenvalue weighted by atomic mass is 32.2. The molecule has 8 N–H and O–H groups in total. The number of H-pyrrole nitrogens is 4. The van der Waals surface area contributed by atoms with Gasteiger partial charge >= 0.3 is 0 Å². The Balaban J connectivity index is 0.000000564. The standard InChI is InChI=1S/C10H8O6S2.2C4H6N2.2H2O/c11-17(12,13)9-5-1-3-7-8(9)4-2-6-10(7)18(14,15)16;2*1-4-5-2-3-6-4;;/h1-6H,(H,11,12,13)(H,14,15,16);2*2-3H,1H3,(H,5,6);2*1H2. The normalized spacial score (nSPS) is 10.5. The van der Waals surface area contributed by atoms with Gasteiger partial charge in [-0.3, -0.25) is 0 Å². The van der Waals surface area contributed by atoms with Crippen LogP contribution in [0.4, 0.5) is 0 Å². The lowest BCUT2D eigenvalue weighted by Gasteiger charge is -2.14.